The van der Waals surface area contributed by atoms with Crippen LogP contribution in [0.2, 0.25) is 0 Å². The molecule has 0 unspecified atom stereocenters. The molecular formula is C21H23N3O2. The third-order valence-corrected chi connectivity index (χ3v) is 4.60. The Morgan fingerprint density at radius 2 is 1.73 bits per heavy atom. The van der Waals surface area contributed by atoms with Crippen molar-refractivity contribution in [2.24, 2.45) is 0 Å². The molecule has 26 heavy (non-hydrogen) atoms. The van der Waals surface area contributed by atoms with Crippen LogP contribution in [0.1, 0.15) is 47.4 Å². The normalized spacial score (nSPS) is 22.0. The fourth-order valence-corrected chi connectivity index (χ4v) is 3.53. The van der Waals surface area contributed by atoms with Crippen LogP contribution in [0.15, 0.2) is 54.6 Å². The van der Waals surface area contributed by atoms with Gasteiger partial charge in [0, 0.05) is 18.7 Å². The maximum absolute atomic E-state index is 13.2. The molecule has 3 rings (SSSR count). The average molecular weight is 349 g/mol. The zero-order valence-corrected chi connectivity index (χ0v) is 15.2. The van der Waals surface area contributed by atoms with E-state index in [0.717, 1.165) is 11.1 Å². The minimum absolute atomic E-state index is 0.193. The number of carbonyl (C=O) groups excluding carboxylic acids is 1. The highest BCUT2D eigenvalue weighted by Gasteiger charge is 2.44. The molecule has 5 heteroatoms. The van der Waals surface area contributed by atoms with E-state index in [4.69, 9.17) is 4.74 Å². The molecule has 1 N–H and O–H groups in total. The minimum Gasteiger partial charge on any atom is -0.359 e. The molecule has 2 aromatic rings. The molecule has 5 nitrogen and oxygen atoms in total. The van der Waals surface area contributed by atoms with E-state index in [9.17, 15) is 10.1 Å². The molecule has 134 valence electrons. The van der Waals surface area contributed by atoms with Crippen molar-refractivity contribution in [3.05, 3.63) is 71.3 Å². The number of ether oxygens (including phenoxy) is 1. The number of rotatable bonds is 4. The summed E-state index contributed by atoms with van der Waals surface area (Å²) in [7, 11) is 1.58. The van der Waals surface area contributed by atoms with E-state index < -0.39 is 12.3 Å². The van der Waals surface area contributed by atoms with Gasteiger partial charge in [-0.2, -0.15) is 5.26 Å². The van der Waals surface area contributed by atoms with E-state index in [1.54, 1.807) is 24.1 Å². The minimum atomic E-state index is -0.700. The lowest BCUT2D eigenvalue weighted by atomic mass is 9.87. The van der Waals surface area contributed by atoms with E-state index in [1.165, 1.54) is 0 Å². The number of fused-ring (bicyclic) bond motifs is 1. The molecule has 0 saturated carbocycles. The highest BCUT2D eigenvalue weighted by Crippen LogP contribution is 2.40. The first-order valence-corrected chi connectivity index (χ1v) is 8.73. The van der Waals surface area contributed by atoms with E-state index in [0.29, 0.717) is 5.56 Å². The fourth-order valence-electron chi connectivity index (χ4n) is 3.53. The topological polar surface area (TPSA) is 65.4 Å². The number of hydrogen-bond donors (Lipinski definition) is 1. The molecule has 0 spiro atoms. The molecule has 0 saturated heterocycles. The number of methoxy groups -OCH3 is 1. The Bertz CT molecular complexity index is 814. The van der Waals surface area contributed by atoms with E-state index in [2.05, 4.69) is 25.2 Å². The van der Waals surface area contributed by atoms with Crippen molar-refractivity contribution in [3.63, 3.8) is 0 Å². The first-order valence-electron chi connectivity index (χ1n) is 8.73. The predicted molar refractivity (Wildman–Crippen MR) is 99.2 cm³/mol. The largest absolute Gasteiger partial charge is 0.359 e. The first kappa shape index (κ1) is 18.1. The predicted octanol–water partition coefficient (Wildman–Crippen LogP) is 3.42. The van der Waals surface area contributed by atoms with Gasteiger partial charge < -0.3 is 10.1 Å². The van der Waals surface area contributed by atoms with Gasteiger partial charge in [0.2, 0.25) is 0 Å². The van der Waals surface area contributed by atoms with Crippen LogP contribution in [0, 0.1) is 11.3 Å². The van der Waals surface area contributed by atoms with Crippen LogP contribution in [0.25, 0.3) is 0 Å². The lowest BCUT2D eigenvalue weighted by molar-refractivity contribution is -0.0621. The van der Waals surface area contributed by atoms with Gasteiger partial charge in [0.1, 0.15) is 6.04 Å². The third-order valence-electron chi connectivity index (χ3n) is 4.60. The van der Waals surface area contributed by atoms with Gasteiger partial charge in [0.15, 0.2) is 6.23 Å². The van der Waals surface area contributed by atoms with Crippen molar-refractivity contribution >= 4 is 5.91 Å². The van der Waals surface area contributed by atoms with Crippen molar-refractivity contribution in [3.8, 4) is 6.07 Å². The van der Waals surface area contributed by atoms with Gasteiger partial charge in [-0.05, 0) is 23.3 Å². The maximum atomic E-state index is 13.2. The molecule has 3 atom stereocenters. The zero-order valence-electron chi connectivity index (χ0n) is 15.2. The molecular weight excluding hydrogens is 326 g/mol. The number of nitriles is 1. The highest BCUT2D eigenvalue weighted by molar-refractivity contribution is 5.95. The summed E-state index contributed by atoms with van der Waals surface area (Å²) in [5.41, 5.74) is 2.37. The second kappa shape index (κ2) is 7.69. The van der Waals surface area contributed by atoms with Crippen molar-refractivity contribution in [2.75, 3.05) is 7.11 Å². The number of nitrogens with zero attached hydrogens (tertiary/aromatic N) is 2. The van der Waals surface area contributed by atoms with Gasteiger partial charge in [0.05, 0.1) is 12.1 Å². The van der Waals surface area contributed by atoms with E-state index in [1.807, 2.05) is 42.5 Å². The monoisotopic (exact) mass is 349 g/mol. The molecule has 0 aromatic heterocycles. The number of nitrogens with one attached hydrogen (secondary N) is 1. The summed E-state index contributed by atoms with van der Waals surface area (Å²) in [5.74, 6) is -0.214. The summed E-state index contributed by atoms with van der Waals surface area (Å²) < 4.78 is 5.74. The summed E-state index contributed by atoms with van der Waals surface area (Å²) in [6.07, 6.45) is -0.579. The Balaban J connectivity index is 2.13. The molecule has 1 heterocycles. The van der Waals surface area contributed by atoms with Crippen LogP contribution in [-0.4, -0.2) is 30.2 Å². The molecule has 0 aliphatic carbocycles. The third kappa shape index (κ3) is 3.22. The molecule has 0 radical (unpaired) electrons. The van der Waals surface area contributed by atoms with Gasteiger partial charge >= 0.3 is 0 Å². The van der Waals surface area contributed by atoms with Gasteiger partial charge in [0.25, 0.3) is 5.91 Å². The smallest absolute Gasteiger partial charge is 0.257 e. The standard InChI is InChI=1S/C21H23N3O2/c1-14(2)23-19-17-12-8-7-11-16(17)18(13-22)24(21(19)26-3)20(25)15-9-5-4-6-10-15/h4-12,14,18-19,21,23H,1-3H3/t18-,19-,21+/m1/s1. The van der Waals surface area contributed by atoms with Crippen LogP contribution in [0.3, 0.4) is 0 Å². The average Bonchev–Trinajstić information content (AvgIpc) is 2.67. The first-order chi connectivity index (χ1) is 12.6. The Morgan fingerprint density at radius 3 is 2.31 bits per heavy atom. The Labute approximate surface area is 154 Å². The molecule has 1 aliphatic heterocycles. The van der Waals surface area contributed by atoms with E-state index >= 15 is 0 Å². The summed E-state index contributed by atoms with van der Waals surface area (Å²) in [6.45, 7) is 4.10. The highest BCUT2D eigenvalue weighted by atomic mass is 16.5. The lowest BCUT2D eigenvalue weighted by Gasteiger charge is -2.45. The Kier molecular flexibility index (Phi) is 5.36. The number of benzene rings is 2. The van der Waals surface area contributed by atoms with Gasteiger partial charge in [-0.3, -0.25) is 9.69 Å². The number of amides is 1. The number of hydrogen-bond acceptors (Lipinski definition) is 4. The maximum Gasteiger partial charge on any atom is 0.257 e. The summed E-state index contributed by atoms with van der Waals surface area (Å²) >= 11 is 0. The van der Waals surface area contributed by atoms with Gasteiger partial charge in [-0.25, -0.2) is 0 Å². The molecule has 1 amide bonds. The van der Waals surface area contributed by atoms with E-state index in [-0.39, 0.29) is 18.0 Å². The Morgan fingerprint density at radius 1 is 1.12 bits per heavy atom. The van der Waals surface area contributed by atoms with Crippen molar-refractivity contribution in [2.45, 2.75) is 38.2 Å². The Hall–Kier alpha value is -2.68. The SMILES string of the molecule is CO[C@H]1[C@H](NC(C)C)c2ccccc2[C@@H](C#N)N1C(=O)c1ccccc1. The molecule has 0 bridgehead atoms. The summed E-state index contributed by atoms with van der Waals surface area (Å²) in [6, 6.07) is 18.3. The van der Waals surface area contributed by atoms with Crippen LogP contribution in [0.5, 0.6) is 0 Å². The zero-order chi connectivity index (χ0) is 18.7. The lowest BCUT2D eigenvalue weighted by Crippen LogP contribution is -2.54. The number of carbonyl (C=O) groups is 1. The van der Waals surface area contributed by atoms with Gasteiger partial charge in [-0.15, -0.1) is 0 Å². The summed E-state index contributed by atoms with van der Waals surface area (Å²) in [5, 5.41) is 13.4. The van der Waals surface area contributed by atoms with Gasteiger partial charge in [-0.1, -0.05) is 56.3 Å². The molecule has 2 aromatic carbocycles. The fraction of sp³-hybridized carbons (Fsp3) is 0.333. The quantitative estimate of drug-likeness (QED) is 0.918. The van der Waals surface area contributed by atoms with Crippen molar-refractivity contribution in [1.82, 2.24) is 10.2 Å². The van der Waals surface area contributed by atoms with Crippen LogP contribution in [-0.2, 0) is 4.74 Å². The second-order valence-electron chi connectivity index (χ2n) is 6.66. The second-order valence-corrected chi connectivity index (χ2v) is 6.66. The summed E-state index contributed by atoms with van der Waals surface area (Å²) in [4.78, 5) is 14.8. The van der Waals surface area contributed by atoms with Crippen LogP contribution in [0.4, 0.5) is 0 Å². The van der Waals surface area contributed by atoms with Crippen molar-refractivity contribution in [1.29, 1.82) is 5.26 Å². The molecule has 0 fully saturated rings. The van der Waals surface area contributed by atoms with Crippen molar-refractivity contribution < 1.29 is 9.53 Å². The van der Waals surface area contributed by atoms with Crippen LogP contribution >= 0.6 is 0 Å². The van der Waals surface area contributed by atoms with Crippen LogP contribution < -0.4 is 5.32 Å². The molecule has 1 aliphatic rings.